The number of benzene rings is 7. The van der Waals surface area contributed by atoms with Gasteiger partial charge in [0.05, 0.1) is 34.2 Å². The van der Waals surface area contributed by atoms with Crippen LogP contribution in [-0.4, -0.2) is 39.9 Å². The molecule has 0 aliphatic rings. The van der Waals surface area contributed by atoms with Crippen LogP contribution in [0.2, 0.25) is 0 Å². The summed E-state index contributed by atoms with van der Waals surface area (Å²) in [5, 5.41) is 0. The predicted octanol–water partition coefficient (Wildman–Crippen LogP) is 24.3. The zero-order chi connectivity index (χ0) is 73.1. The maximum Gasteiger partial charge on any atom is 0.159 e. The SMILES string of the molecule is Cc1cc(-c2ccccc2)nc(-c2ccccc2)c1C.Cc1ccc(-c2ccccc2)nc1C.Cc1ccnc(-c2ccccc2)c1C.Cc1cnc(-c2ccccc2)cc1C.Cc1cnc(-c2ccccc2)cc1C.Cc1cnc(-c2ccccc2)nc1C.Cc1cnc(C(C)(C)C)cc1C. The Morgan fingerprint density at radius 1 is 0.225 bits per heavy atom. The van der Waals surface area contributed by atoms with Gasteiger partial charge in [-0.25, -0.2) is 15.0 Å². The third-order valence-electron chi connectivity index (χ3n) is 17.9. The minimum atomic E-state index is 0.165. The average molecular weight is 1340 g/mol. The van der Waals surface area contributed by atoms with E-state index in [2.05, 4.69) is 253 Å². The number of hydrogen-bond donors (Lipinski definition) is 0. The number of pyridine rings is 6. The molecular formula is C94H98N8. The lowest BCUT2D eigenvalue weighted by molar-refractivity contribution is 0.568. The lowest BCUT2D eigenvalue weighted by atomic mass is 9.90. The Balaban J connectivity index is 0.000000152. The molecule has 0 saturated carbocycles. The van der Waals surface area contributed by atoms with Crippen LogP contribution >= 0.6 is 0 Å². The molecule has 0 radical (unpaired) electrons. The molecule has 102 heavy (non-hydrogen) atoms. The zero-order valence-electron chi connectivity index (χ0n) is 62.7. The van der Waals surface area contributed by atoms with Crippen molar-refractivity contribution in [2.45, 2.75) is 123 Å². The average Bonchev–Trinajstić information content (AvgIpc) is 0.699. The fourth-order valence-corrected chi connectivity index (χ4v) is 10.4. The van der Waals surface area contributed by atoms with Gasteiger partial charge in [0.2, 0.25) is 0 Å². The second kappa shape index (κ2) is 37.6. The van der Waals surface area contributed by atoms with E-state index in [1.165, 1.54) is 94.7 Å². The molecule has 7 aromatic carbocycles. The van der Waals surface area contributed by atoms with Crippen molar-refractivity contribution in [2.24, 2.45) is 0 Å². The van der Waals surface area contributed by atoms with Crippen LogP contribution in [0.25, 0.3) is 78.9 Å². The van der Waals surface area contributed by atoms with E-state index in [1.807, 2.05) is 185 Å². The fraction of sp³-hybridized carbons (Fsp3) is 0.191. The van der Waals surface area contributed by atoms with Crippen LogP contribution in [0.15, 0.2) is 286 Å². The summed E-state index contributed by atoms with van der Waals surface area (Å²) in [5.74, 6) is 0.800. The van der Waals surface area contributed by atoms with Gasteiger partial charge in [-0.2, -0.15) is 0 Å². The lowest BCUT2D eigenvalue weighted by Gasteiger charge is -2.18. The monoisotopic (exact) mass is 1340 g/mol. The van der Waals surface area contributed by atoms with Gasteiger partial charge in [0, 0.05) is 92.4 Å². The Kier molecular flexibility index (Phi) is 28.1. The predicted molar refractivity (Wildman–Crippen MR) is 431 cm³/mol. The molecule has 0 aliphatic heterocycles. The van der Waals surface area contributed by atoms with E-state index in [0.29, 0.717) is 0 Å². The number of nitrogens with zero attached hydrogens (tertiary/aromatic N) is 8. The van der Waals surface area contributed by atoms with Crippen molar-refractivity contribution in [2.75, 3.05) is 0 Å². The zero-order valence-corrected chi connectivity index (χ0v) is 62.7. The number of aryl methyl sites for hydroxylation is 12. The van der Waals surface area contributed by atoms with Gasteiger partial charge in [0.1, 0.15) is 0 Å². The Morgan fingerprint density at radius 2 is 0.578 bits per heavy atom. The Hall–Kier alpha value is -11.5. The summed E-state index contributed by atoms with van der Waals surface area (Å²) in [5.41, 5.74) is 33.0. The Bertz CT molecular complexity index is 4560. The first-order chi connectivity index (χ1) is 49.0. The molecule has 14 rings (SSSR count). The second-order valence-electron chi connectivity index (χ2n) is 26.7. The van der Waals surface area contributed by atoms with Gasteiger partial charge in [-0.1, -0.05) is 239 Å². The number of hydrogen-bond acceptors (Lipinski definition) is 8. The highest BCUT2D eigenvalue weighted by Gasteiger charge is 2.16. The molecular weight excluding hydrogens is 1240 g/mol. The molecule has 0 amide bonds. The molecule has 0 fully saturated rings. The standard InChI is InChI=1S/C19H17N.4C13H13N.C12H12N2.C11H17N/c1-14-13-18(16-9-5-3-6-10-16)20-19(15(14)2)17-11-7-4-8-12-17;2*1-10-8-13(14-9-11(10)2)12-6-4-3-5-7-12;1-10-8-9-14-13(11(10)2)12-6-4-3-5-7-12;1-10-8-9-13(14-11(10)2)12-6-4-3-5-7-12;1-9-8-13-12(14-10(9)2)11-6-4-3-5-7-11;1-8-6-10(11(3,4)5)12-7-9(8)2/h3-13H,1-2H3;4*3-9H,1-2H3;3-8H,1-2H3;6-7H,1-5H3. The summed E-state index contributed by atoms with van der Waals surface area (Å²) in [6.07, 6.45) is 9.54. The Morgan fingerprint density at radius 3 is 0.990 bits per heavy atom. The summed E-state index contributed by atoms with van der Waals surface area (Å²) in [7, 11) is 0. The van der Waals surface area contributed by atoms with E-state index in [9.17, 15) is 0 Å². The van der Waals surface area contributed by atoms with E-state index in [4.69, 9.17) is 4.98 Å². The third kappa shape index (κ3) is 22.5. The third-order valence-corrected chi connectivity index (χ3v) is 17.9. The van der Waals surface area contributed by atoms with E-state index in [0.717, 1.165) is 68.1 Å². The second-order valence-corrected chi connectivity index (χ2v) is 26.7. The quantitative estimate of drug-likeness (QED) is 0.155. The largest absolute Gasteiger partial charge is 0.260 e. The maximum absolute atomic E-state index is 4.87. The lowest BCUT2D eigenvalue weighted by Crippen LogP contribution is -2.13. The molecule has 14 aromatic rings. The van der Waals surface area contributed by atoms with Crippen molar-refractivity contribution in [3.8, 4) is 78.9 Å². The van der Waals surface area contributed by atoms with Crippen molar-refractivity contribution < 1.29 is 0 Å². The van der Waals surface area contributed by atoms with Gasteiger partial charge in [-0.3, -0.25) is 24.9 Å². The van der Waals surface area contributed by atoms with Crippen molar-refractivity contribution in [1.82, 2.24) is 39.9 Å². The first-order valence-corrected chi connectivity index (χ1v) is 34.9. The molecule has 514 valence electrons. The van der Waals surface area contributed by atoms with Crippen LogP contribution in [0.4, 0.5) is 0 Å². The van der Waals surface area contributed by atoms with E-state index in [1.54, 1.807) is 0 Å². The highest BCUT2D eigenvalue weighted by Crippen LogP contribution is 2.30. The van der Waals surface area contributed by atoms with Crippen LogP contribution in [-0.2, 0) is 5.41 Å². The molecule has 7 heterocycles. The number of rotatable bonds is 7. The first kappa shape index (κ1) is 76.3. The van der Waals surface area contributed by atoms with Gasteiger partial charge < -0.3 is 0 Å². The molecule has 8 heteroatoms. The van der Waals surface area contributed by atoms with Crippen molar-refractivity contribution in [1.29, 1.82) is 0 Å². The van der Waals surface area contributed by atoms with Crippen molar-refractivity contribution in [3.63, 3.8) is 0 Å². The molecule has 0 bridgehead atoms. The van der Waals surface area contributed by atoms with E-state index < -0.39 is 0 Å². The van der Waals surface area contributed by atoms with Crippen LogP contribution in [0.3, 0.4) is 0 Å². The first-order valence-electron chi connectivity index (χ1n) is 34.9. The van der Waals surface area contributed by atoms with Gasteiger partial charge in [0.15, 0.2) is 5.82 Å². The van der Waals surface area contributed by atoms with Crippen LogP contribution in [0.5, 0.6) is 0 Å². The summed E-state index contributed by atoms with van der Waals surface area (Å²) >= 11 is 0. The topological polar surface area (TPSA) is 103 Å². The van der Waals surface area contributed by atoms with Gasteiger partial charge >= 0.3 is 0 Å². The minimum Gasteiger partial charge on any atom is -0.260 e. The molecule has 8 nitrogen and oxygen atoms in total. The summed E-state index contributed by atoms with van der Waals surface area (Å²) in [6, 6.07) is 86.6. The van der Waals surface area contributed by atoms with Gasteiger partial charge in [0.25, 0.3) is 0 Å². The molecule has 0 unspecified atom stereocenters. The molecule has 0 atom stereocenters. The van der Waals surface area contributed by atoms with Crippen LogP contribution in [0, 0.1) is 96.9 Å². The molecule has 0 aliphatic carbocycles. The van der Waals surface area contributed by atoms with Crippen LogP contribution in [0.1, 0.15) is 105 Å². The van der Waals surface area contributed by atoms with E-state index >= 15 is 0 Å². The number of aromatic nitrogens is 8. The fourth-order valence-electron chi connectivity index (χ4n) is 10.4. The molecule has 7 aromatic heterocycles. The highest BCUT2D eigenvalue weighted by molar-refractivity contribution is 5.71. The van der Waals surface area contributed by atoms with Gasteiger partial charge in [-0.15, -0.1) is 0 Å². The van der Waals surface area contributed by atoms with Gasteiger partial charge in [-0.05, 0) is 200 Å². The molecule has 0 N–H and O–H groups in total. The van der Waals surface area contributed by atoms with Crippen LogP contribution < -0.4 is 0 Å². The maximum atomic E-state index is 4.87. The minimum absolute atomic E-state index is 0.165. The molecule has 0 saturated heterocycles. The van der Waals surface area contributed by atoms with Crippen molar-refractivity contribution in [3.05, 3.63) is 370 Å². The summed E-state index contributed by atoms with van der Waals surface area (Å²) in [4.78, 5) is 35.8. The molecule has 0 spiro atoms. The van der Waals surface area contributed by atoms with E-state index in [-0.39, 0.29) is 5.41 Å². The normalized spacial score (nSPS) is 10.4. The smallest absolute Gasteiger partial charge is 0.159 e. The highest BCUT2D eigenvalue weighted by atomic mass is 14.9. The van der Waals surface area contributed by atoms with Crippen molar-refractivity contribution >= 4 is 0 Å². The summed E-state index contributed by atoms with van der Waals surface area (Å²) in [6.45, 7) is 35.8. The Labute approximate surface area is 608 Å². The summed E-state index contributed by atoms with van der Waals surface area (Å²) < 4.78 is 0.